The van der Waals surface area contributed by atoms with Crippen LogP contribution in [0, 0.1) is 0 Å². The van der Waals surface area contributed by atoms with Crippen LogP contribution in [-0.2, 0) is 6.98 Å². The zero-order valence-corrected chi connectivity index (χ0v) is 5.15. The van der Waals surface area contributed by atoms with Gasteiger partial charge in [0.05, 0.1) is 5.52 Å². The summed E-state index contributed by atoms with van der Waals surface area (Å²) in [5.74, 6) is 0. The Morgan fingerprint density at radius 1 is 1.50 bits per heavy atom. The second-order valence-electron chi connectivity index (χ2n) is 1.99. The summed E-state index contributed by atoms with van der Waals surface area (Å²) in [6.45, 7) is -2.25. The van der Waals surface area contributed by atoms with Gasteiger partial charge in [-0.15, -0.1) is 5.10 Å². The maximum absolute atomic E-state index is 7.17. The molecule has 0 amide bonds. The summed E-state index contributed by atoms with van der Waals surface area (Å²) >= 11 is 0. The van der Waals surface area contributed by atoms with Gasteiger partial charge in [-0.2, -0.15) is 0 Å². The first-order valence-electron chi connectivity index (χ1n) is 4.40. The first kappa shape index (κ1) is 3.14. The third kappa shape index (κ3) is 0.603. The van der Waals surface area contributed by atoms with Crippen molar-refractivity contribution in [2.45, 2.75) is 0 Å². The normalized spacial score (nSPS) is 16.2. The average molecular weight is 136 g/mol. The van der Waals surface area contributed by atoms with E-state index in [2.05, 4.69) is 10.3 Å². The fourth-order valence-corrected chi connectivity index (χ4v) is 0.869. The molecule has 0 aliphatic rings. The Kier molecular flexibility index (Phi) is 0.566. The highest BCUT2D eigenvalue weighted by Crippen LogP contribution is 2.06. The van der Waals surface area contributed by atoms with Crippen LogP contribution in [0.1, 0.15) is 4.11 Å². The Bertz CT molecular complexity index is 432. The fraction of sp³-hybridized carbons (Fsp3) is 0.143. The number of fused-ring (bicyclic) bond motifs is 1. The lowest BCUT2D eigenvalue weighted by atomic mass is 10.3. The Morgan fingerprint density at radius 2 is 2.40 bits per heavy atom. The summed E-state index contributed by atoms with van der Waals surface area (Å²) in [5.41, 5.74) is 1.13. The molecule has 50 valence electrons. The predicted molar refractivity (Wildman–Crippen MR) is 38.5 cm³/mol. The van der Waals surface area contributed by atoms with Crippen LogP contribution >= 0.6 is 0 Å². The summed E-state index contributed by atoms with van der Waals surface area (Å²) in [4.78, 5) is 0. The van der Waals surface area contributed by atoms with Gasteiger partial charge in [-0.1, -0.05) is 17.3 Å². The van der Waals surface area contributed by atoms with Crippen LogP contribution in [0.3, 0.4) is 0 Å². The number of aromatic nitrogens is 3. The van der Waals surface area contributed by atoms with E-state index in [-0.39, 0.29) is 0 Å². The Morgan fingerprint density at radius 3 is 3.30 bits per heavy atom. The number of para-hydroxylation sites is 1. The SMILES string of the molecule is [2H]C([2H])([2H])n1nnc2ccccc21. The van der Waals surface area contributed by atoms with Crippen molar-refractivity contribution in [2.75, 3.05) is 0 Å². The molecule has 0 aliphatic heterocycles. The van der Waals surface area contributed by atoms with Crippen LogP contribution in [0.15, 0.2) is 24.3 Å². The Balaban J connectivity index is 2.72. The van der Waals surface area contributed by atoms with Gasteiger partial charge < -0.3 is 0 Å². The molecular formula is C7H7N3. The Hall–Kier alpha value is -1.38. The molecule has 10 heavy (non-hydrogen) atoms. The molecule has 0 fully saturated rings. The quantitative estimate of drug-likeness (QED) is 0.540. The lowest BCUT2D eigenvalue weighted by Crippen LogP contribution is -1.88. The summed E-state index contributed by atoms with van der Waals surface area (Å²) in [6.07, 6.45) is 0. The van der Waals surface area contributed by atoms with Crippen molar-refractivity contribution in [1.82, 2.24) is 15.0 Å². The first-order chi connectivity index (χ1) is 6.09. The zero-order valence-electron chi connectivity index (χ0n) is 8.15. The summed E-state index contributed by atoms with van der Waals surface area (Å²) < 4.78 is 22.4. The maximum Gasteiger partial charge on any atom is 0.113 e. The number of hydrogen-bond donors (Lipinski definition) is 0. The first-order valence-corrected chi connectivity index (χ1v) is 2.90. The van der Waals surface area contributed by atoms with Crippen molar-refractivity contribution in [2.24, 2.45) is 6.98 Å². The number of benzene rings is 1. The van der Waals surface area contributed by atoms with E-state index in [0.29, 0.717) is 11.0 Å². The predicted octanol–water partition coefficient (Wildman–Crippen LogP) is 0.968. The summed E-state index contributed by atoms with van der Waals surface area (Å²) in [7, 11) is 0. The molecule has 0 atom stereocenters. The molecule has 0 unspecified atom stereocenters. The average Bonchev–Trinajstić information content (AvgIpc) is 2.45. The highest BCUT2D eigenvalue weighted by molar-refractivity contribution is 5.73. The molecule has 0 radical (unpaired) electrons. The van der Waals surface area contributed by atoms with Crippen molar-refractivity contribution < 1.29 is 4.11 Å². The van der Waals surface area contributed by atoms with E-state index in [9.17, 15) is 0 Å². The minimum atomic E-state index is -2.25. The second kappa shape index (κ2) is 1.80. The zero-order chi connectivity index (χ0) is 9.47. The van der Waals surface area contributed by atoms with Crippen molar-refractivity contribution in [3.63, 3.8) is 0 Å². The smallest absolute Gasteiger partial charge is 0.113 e. The minimum Gasteiger partial charge on any atom is -0.248 e. The lowest BCUT2D eigenvalue weighted by molar-refractivity contribution is 0.736. The number of aryl methyl sites for hydroxylation is 1. The molecular weight excluding hydrogens is 126 g/mol. The monoisotopic (exact) mass is 136 g/mol. The summed E-state index contributed by atoms with van der Waals surface area (Å²) in [5, 5.41) is 7.31. The molecule has 1 heterocycles. The van der Waals surface area contributed by atoms with Crippen LogP contribution in [-0.4, -0.2) is 15.0 Å². The van der Waals surface area contributed by atoms with Gasteiger partial charge in [0.2, 0.25) is 0 Å². The molecule has 0 aliphatic carbocycles. The number of rotatable bonds is 0. The van der Waals surface area contributed by atoms with Crippen LogP contribution in [0.5, 0.6) is 0 Å². The lowest BCUT2D eigenvalue weighted by Gasteiger charge is -1.87. The molecule has 3 heteroatoms. The van der Waals surface area contributed by atoms with E-state index in [4.69, 9.17) is 4.11 Å². The van der Waals surface area contributed by atoms with Crippen LogP contribution in [0.25, 0.3) is 11.0 Å². The minimum absolute atomic E-state index is 0.530. The Labute approximate surface area is 62.5 Å². The van der Waals surface area contributed by atoms with E-state index in [0.717, 1.165) is 4.68 Å². The number of nitrogens with zero attached hydrogens (tertiary/aromatic N) is 3. The van der Waals surface area contributed by atoms with E-state index < -0.39 is 6.98 Å². The molecule has 0 spiro atoms. The topological polar surface area (TPSA) is 30.7 Å². The highest BCUT2D eigenvalue weighted by atomic mass is 15.4. The standard InChI is InChI=1S/C7H7N3/c1-10-7-5-3-2-4-6(7)8-9-10/h2-5H,1H3/i1D3. The van der Waals surface area contributed by atoms with Gasteiger partial charge in [-0.25, -0.2) is 4.68 Å². The van der Waals surface area contributed by atoms with E-state index >= 15 is 0 Å². The van der Waals surface area contributed by atoms with E-state index in [1.54, 1.807) is 24.3 Å². The largest absolute Gasteiger partial charge is 0.248 e. The van der Waals surface area contributed by atoms with E-state index in [1.807, 2.05) is 0 Å². The third-order valence-corrected chi connectivity index (χ3v) is 1.35. The van der Waals surface area contributed by atoms with Gasteiger partial charge in [0.15, 0.2) is 0 Å². The molecule has 0 saturated heterocycles. The van der Waals surface area contributed by atoms with Crippen LogP contribution < -0.4 is 0 Å². The fourth-order valence-electron chi connectivity index (χ4n) is 0.869. The third-order valence-electron chi connectivity index (χ3n) is 1.35. The van der Waals surface area contributed by atoms with Crippen molar-refractivity contribution >= 4 is 11.0 Å². The molecule has 1 aromatic carbocycles. The van der Waals surface area contributed by atoms with Crippen molar-refractivity contribution in [3.8, 4) is 0 Å². The van der Waals surface area contributed by atoms with Gasteiger partial charge >= 0.3 is 0 Å². The maximum atomic E-state index is 7.17. The molecule has 0 saturated carbocycles. The number of hydrogen-bond acceptors (Lipinski definition) is 2. The summed E-state index contributed by atoms with van der Waals surface area (Å²) in [6, 6.07) is 6.96. The van der Waals surface area contributed by atoms with Crippen LogP contribution in [0.4, 0.5) is 0 Å². The molecule has 0 bridgehead atoms. The second-order valence-corrected chi connectivity index (χ2v) is 1.99. The van der Waals surface area contributed by atoms with Gasteiger partial charge in [0.25, 0.3) is 0 Å². The highest BCUT2D eigenvalue weighted by Gasteiger charge is 1.95. The van der Waals surface area contributed by atoms with Crippen LogP contribution in [0.2, 0.25) is 0 Å². The van der Waals surface area contributed by atoms with Gasteiger partial charge in [0, 0.05) is 11.1 Å². The molecule has 0 N–H and O–H groups in total. The van der Waals surface area contributed by atoms with Crippen molar-refractivity contribution in [3.05, 3.63) is 24.3 Å². The van der Waals surface area contributed by atoms with Gasteiger partial charge in [-0.05, 0) is 12.1 Å². The molecule has 3 nitrogen and oxygen atoms in total. The molecule has 2 aromatic rings. The van der Waals surface area contributed by atoms with Gasteiger partial charge in [-0.3, -0.25) is 0 Å². The van der Waals surface area contributed by atoms with Crippen molar-refractivity contribution in [1.29, 1.82) is 0 Å². The van der Waals surface area contributed by atoms with E-state index in [1.165, 1.54) is 0 Å². The van der Waals surface area contributed by atoms with Gasteiger partial charge in [0.1, 0.15) is 5.52 Å². The molecule has 2 rings (SSSR count). The molecule has 1 aromatic heterocycles.